The molecule has 2 aromatic heterocycles. The molecule has 0 aliphatic carbocycles. The van der Waals surface area contributed by atoms with E-state index in [4.69, 9.17) is 0 Å². The zero-order valence-corrected chi connectivity index (χ0v) is 14.0. The van der Waals surface area contributed by atoms with Gasteiger partial charge in [-0.25, -0.2) is 4.98 Å². The Morgan fingerprint density at radius 3 is 3.00 bits per heavy atom. The van der Waals surface area contributed by atoms with Gasteiger partial charge in [-0.3, -0.25) is 13.9 Å². The maximum atomic E-state index is 12.9. The molecule has 3 aromatic rings. The van der Waals surface area contributed by atoms with Crippen molar-refractivity contribution in [2.75, 3.05) is 5.32 Å². The molecule has 7 nitrogen and oxygen atoms in total. The number of halogens is 2. The summed E-state index contributed by atoms with van der Waals surface area (Å²) in [7, 11) is 0. The van der Waals surface area contributed by atoms with Gasteiger partial charge in [-0.2, -0.15) is 8.78 Å². The highest BCUT2D eigenvalue weighted by Crippen LogP contribution is 2.25. The molecule has 1 amide bonds. The number of hydrogen-bond donors (Lipinski definition) is 1. The van der Waals surface area contributed by atoms with Gasteiger partial charge in [0.25, 0.3) is 0 Å². The number of hydrogen-bond acceptors (Lipinski definition) is 5. The van der Waals surface area contributed by atoms with Gasteiger partial charge in [0.2, 0.25) is 5.91 Å². The van der Waals surface area contributed by atoms with Crippen LogP contribution in [0, 0.1) is 0 Å². The molecule has 0 aliphatic rings. The van der Waals surface area contributed by atoms with E-state index in [0.717, 1.165) is 10.3 Å². The van der Waals surface area contributed by atoms with Crippen molar-refractivity contribution in [2.24, 2.45) is 0 Å². The maximum absolute atomic E-state index is 12.9. The van der Waals surface area contributed by atoms with E-state index in [2.05, 4.69) is 20.5 Å². The largest absolute Gasteiger partial charge is 0.326 e. The van der Waals surface area contributed by atoms with Crippen LogP contribution in [0.5, 0.6) is 0 Å². The molecule has 10 heteroatoms. The topological polar surface area (TPSA) is 77.6 Å². The van der Waals surface area contributed by atoms with Crippen molar-refractivity contribution in [3.05, 3.63) is 48.8 Å². The lowest BCUT2D eigenvalue weighted by Crippen LogP contribution is -2.06. The van der Waals surface area contributed by atoms with Crippen LogP contribution in [0.1, 0.15) is 19.3 Å². The first kappa shape index (κ1) is 17.1. The summed E-state index contributed by atoms with van der Waals surface area (Å²) in [5, 5.41) is 11.1. The smallest absolute Gasteiger partial charge is 0.319 e. The third kappa shape index (κ3) is 4.02. The number of carbonyl (C=O) groups is 1. The Labute approximate surface area is 146 Å². The predicted molar refractivity (Wildman–Crippen MR) is 88.7 cm³/mol. The molecule has 25 heavy (non-hydrogen) atoms. The van der Waals surface area contributed by atoms with E-state index in [-0.39, 0.29) is 17.5 Å². The highest BCUT2D eigenvalue weighted by molar-refractivity contribution is 7.98. The molecule has 0 saturated carbocycles. The van der Waals surface area contributed by atoms with Gasteiger partial charge in [0, 0.05) is 25.0 Å². The molecule has 130 valence electrons. The molecule has 0 saturated heterocycles. The zero-order chi connectivity index (χ0) is 17.8. The molecule has 1 N–H and O–H groups in total. The second kappa shape index (κ2) is 7.43. The monoisotopic (exact) mass is 364 g/mol. The van der Waals surface area contributed by atoms with Crippen molar-refractivity contribution in [2.45, 2.75) is 24.4 Å². The molecule has 3 rings (SSSR count). The fraction of sp³-hybridized carbons (Fsp3) is 0.200. The number of amides is 1. The first-order chi connectivity index (χ1) is 12.0. The van der Waals surface area contributed by atoms with E-state index in [1.165, 1.54) is 37.4 Å². The van der Waals surface area contributed by atoms with Gasteiger partial charge in [-0.1, -0.05) is 17.8 Å². The minimum absolute atomic E-state index is 0.172. The third-order valence-corrected chi connectivity index (χ3v) is 4.19. The van der Waals surface area contributed by atoms with Gasteiger partial charge < -0.3 is 5.32 Å². The van der Waals surface area contributed by atoms with Crippen LogP contribution in [-0.2, 0) is 10.5 Å². The van der Waals surface area contributed by atoms with Crippen LogP contribution < -0.4 is 5.32 Å². The summed E-state index contributed by atoms with van der Waals surface area (Å²) in [5.74, 6) is 0.303. The molecule has 2 heterocycles. The molecule has 0 bridgehead atoms. The van der Waals surface area contributed by atoms with Crippen LogP contribution in [-0.4, -0.2) is 30.2 Å². The van der Waals surface area contributed by atoms with E-state index in [1.54, 1.807) is 22.8 Å². The van der Waals surface area contributed by atoms with Crippen LogP contribution in [0.2, 0.25) is 0 Å². The number of benzene rings is 1. The second-order valence-electron chi connectivity index (χ2n) is 5.03. The Hall–Kier alpha value is -2.75. The number of anilines is 1. The van der Waals surface area contributed by atoms with E-state index >= 15 is 0 Å². The standard InChI is InChI=1S/C15H14F2N6OS/c1-10(24)20-11-3-2-4-12(7-11)23-9-19-21-15(23)25-8-13-18-5-6-22(13)14(16)17/h2-7,9,14H,8H2,1H3,(H,20,24). The van der Waals surface area contributed by atoms with Crippen LogP contribution in [0.25, 0.3) is 5.69 Å². The minimum Gasteiger partial charge on any atom is -0.326 e. The van der Waals surface area contributed by atoms with E-state index in [1.807, 2.05) is 6.07 Å². The molecule has 0 aliphatic heterocycles. The number of alkyl halides is 2. The van der Waals surface area contributed by atoms with Gasteiger partial charge in [0.1, 0.15) is 12.2 Å². The number of aromatic nitrogens is 5. The summed E-state index contributed by atoms with van der Waals surface area (Å²) >= 11 is 1.24. The average molecular weight is 364 g/mol. The van der Waals surface area contributed by atoms with E-state index in [0.29, 0.717) is 10.8 Å². The van der Waals surface area contributed by atoms with Crippen molar-refractivity contribution in [1.82, 2.24) is 24.3 Å². The summed E-state index contributed by atoms with van der Waals surface area (Å²) in [6, 6.07) is 7.16. The normalized spacial score (nSPS) is 11.0. The van der Waals surface area contributed by atoms with Gasteiger partial charge in [0.15, 0.2) is 5.16 Å². The number of imidazole rings is 1. The van der Waals surface area contributed by atoms with Crippen LogP contribution >= 0.6 is 11.8 Å². The number of carbonyl (C=O) groups excluding carboxylic acids is 1. The Kier molecular flexibility index (Phi) is 5.08. The Bertz CT molecular complexity index is 878. The molecule has 0 fully saturated rings. The molecule has 0 atom stereocenters. The summed E-state index contributed by atoms with van der Waals surface area (Å²) in [6.45, 7) is -1.21. The van der Waals surface area contributed by atoms with Crippen LogP contribution in [0.3, 0.4) is 0 Å². The third-order valence-electron chi connectivity index (χ3n) is 3.25. The fourth-order valence-electron chi connectivity index (χ4n) is 2.20. The van der Waals surface area contributed by atoms with Crippen molar-refractivity contribution in [3.8, 4) is 5.69 Å². The van der Waals surface area contributed by atoms with Crippen molar-refractivity contribution >= 4 is 23.4 Å². The van der Waals surface area contributed by atoms with Crippen molar-refractivity contribution < 1.29 is 13.6 Å². The highest BCUT2D eigenvalue weighted by Gasteiger charge is 2.14. The molecule has 0 spiro atoms. The number of nitrogens with zero attached hydrogens (tertiary/aromatic N) is 5. The first-order valence-electron chi connectivity index (χ1n) is 7.25. The van der Waals surface area contributed by atoms with Crippen molar-refractivity contribution in [1.29, 1.82) is 0 Å². The number of thioether (sulfide) groups is 1. The van der Waals surface area contributed by atoms with E-state index in [9.17, 15) is 13.6 Å². The summed E-state index contributed by atoms with van der Waals surface area (Å²) in [6.07, 6.45) is 4.10. The Morgan fingerprint density at radius 1 is 1.40 bits per heavy atom. The lowest BCUT2D eigenvalue weighted by Gasteiger charge is -2.09. The predicted octanol–water partition coefficient (Wildman–Crippen LogP) is 3.11. The summed E-state index contributed by atoms with van der Waals surface area (Å²) in [4.78, 5) is 15.1. The molecular weight excluding hydrogens is 350 g/mol. The number of nitrogens with one attached hydrogen (secondary N) is 1. The fourth-order valence-corrected chi connectivity index (χ4v) is 3.08. The van der Waals surface area contributed by atoms with Gasteiger partial charge in [-0.15, -0.1) is 10.2 Å². The minimum atomic E-state index is -2.63. The molecule has 0 unspecified atom stereocenters. The molecule has 0 radical (unpaired) electrons. The Balaban J connectivity index is 1.79. The highest BCUT2D eigenvalue weighted by atomic mass is 32.2. The average Bonchev–Trinajstić information content (AvgIpc) is 3.21. The van der Waals surface area contributed by atoms with Gasteiger partial charge in [-0.05, 0) is 18.2 Å². The number of rotatable bonds is 6. The van der Waals surface area contributed by atoms with Crippen molar-refractivity contribution in [3.63, 3.8) is 0 Å². The summed E-state index contributed by atoms with van der Waals surface area (Å²) < 4.78 is 28.3. The van der Waals surface area contributed by atoms with Crippen LogP contribution in [0.15, 0.2) is 48.1 Å². The van der Waals surface area contributed by atoms with Gasteiger partial charge in [0.05, 0.1) is 11.4 Å². The maximum Gasteiger partial charge on any atom is 0.319 e. The molecule has 1 aromatic carbocycles. The lowest BCUT2D eigenvalue weighted by atomic mass is 10.2. The van der Waals surface area contributed by atoms with Crippen LogP contribution in [0.4, 0.5) is 14.5 Å². The van der Waals surface area contributed by atoms with E-state index < -0.39 is 6.55 Å². The second-order valence-corrected chi connectivity index (χ2v) is 5.97. The lowest BCUT2D eigenvalue weighted by molar-refractivity contribution is -0.114. The quantitative estimate of drug-likeness (QED) is 0.680. The molecular formula is C15H14F2N6OS. The zero-order valence-electron chi connectivity index (χ0n) is 13.1. The Morgan fingerprint density at radius 2 is 2.24 bits per heavy atom. The first-order valence-corrected chi connectivity index (χ1v) is 8.24. The SMILES string of the molecule is CC(=O)Nc1cccc(-n2cnnc2SCc2nccn2C(F)F)c1. The van der Waals surface area contributed by atoms with Gasteiger partial charge >= 0.3 is 6.55 Å². The summed E-state index contributed by atoms with van der Waals surface area (Å²) in [5.41, 5.74) is 1.39.